The average Bonchev–Trinajstić information content (AvgIpc) is 2.96. The van der Waals surface area contributed by atoms with Crippen molar-refractivity contribution < 1.29 is 4.74 Å². The van der Waals surface area contributed by atoms with Gasteiger partial charge in [-0.05, 0) is 6.07 Å². The van der Waals surface area contributed by atoms with Gasteiger partial charge in [0.25, 0.3) is 5.56 Å². The first-order valence-electron chi connectivity index (χ1n) is 6.18. The number of aromatic nitrogens is 4. The van der Waals surface area contributed by atoms with E-state index in [0.29, 0.717) is 31.9 Å². The Morgan fingerprint density at radius 2 is 2.25 bits per heavy atom. The second-order valence-corrected chi connectivity index (χ2v) is 4.47. The molecule has 108 valence electrons. The first-order valence-corrected chi connectivity index (χ1v) is 6.56. The lowest BCUT2D eigenvalue weighted by atomic mass is 10.4. The van der Waals surface area contributed by atoms with Crippen molar-refractivity contribution in [3.8, 4) is 0 Å². The summed E-state index contributed by atoms with van der Waals surface area (Å²) in [6.07, 6.45) is 5.12. The van der Waals surface area contributed by atoms with E-state index in [9.17, 15) is 4.79 Å². The number of halogens is 1. The molecule has 0 bridgehead atoms. The van der Waals surface area contributed by atoms with Crippen molar-refractivity contribution in [3.63, 3.8) is 0 Å². The van der Waals surface area contributed by atoms with E-state index in [4.69, 9.17) is 16.3 Å². The molecule has 1 N–H and O–H groups in total. The second-order valence-electron chi connectivity index (χ2n) is 4.09. The van der Waals surface area contributed by atoms with Crippen molar-refractivity contribution in [1.29, 1.82) is 0 Å². The molecule has 2 heterocycles. The Labute approximate surface area is 121 Å². The van der Waals surface area contributed by atoms with E-state index in [1.54, 1.807) is 24.2 Å². The summed E-state index contributed by atoms with van der Waals surface area (Å²) in [5.41, 5.74) is 0.199. The minimum atomic E-state index is -0.326. The van der Waals surface area contributed by atoms with Gasteiger partial charge in [-0.25, -0.2) is 4.68 Å². The molecule has 0 aromatic carbocycles. The molecule has 0 unspecified atom stereocenters. The van der Waals surface area contributed by atoms with Crippen molar-refractivity contribution in [1.82, 2.24) is 19.6 Å². The normalized spacial score (nSPS) is 10.7. The lowest BCUT2D eigenvalue weighted by Crippen LogP contribution is -2.26. The molecular weight excluding hydrogens is 282 g/mol. The van der Waals surface area contributed by atoms with E-state index < -0.39 is 0 Å². The molecule has 0 spiro atoms. The Kier molecular flexibility index (Phi) is 5.14. The molecule has 0 fully saturated rings. The molecule has 0 saturated carbocycles. The molecular formula is C12H16ClN5O2. The number of rotatable bonds is 7. The largest absolute Gasteiger partial charge is 0.383 e. The quantitative estimate of drug-likeness (QED) is 0.820. The van der Waals surface area contributed by atoms with Gasteiger partial charge in [0.1, 0.15) is 5.02 Å². The summed E-state index contributed by atoms with van der Waals surface area (Å²) in [7, 11) is 1.57. The van der Waals surface area contributed by atoms with E-state index in [2.05, 4.69) is 15.5 Å². The lowest BCUT2D eigenvalue weighted by Gasteiger charge is -2.10. The fourth-order valence-corrected chi connectivity index (χ4v) is 1.88. The zero-order valence-corrected chi connectivity index (χ0v) is 11.9. The first-order chi connectivity index (χ1) is 9.72. The monoisotopic (exact) mass is 297 g/mol. The fraction of sp³-hybridized carbons (Fsp3) is 0.417. The summed E-state index contributed by atoms with van der Waals surface area (Å²) in [6, 6.07) is 1.85. The van der Waals surface area contributed by atoms with Crippen molar-refractivity contribution in [2.24, 2.45) is 0 Å². The van der Waals surface area contributed by atoms with Crippen LogP contribution in [0.1, 0.15) is 0 Å². The third-order valence-corrected chi connectivity index (χ3v) is 3.07. The summed E-state index contributed by atoms with van der Waals surface area (Å²) in [5.74, 6) is 0. The standard InChI is InChI=1S/C12H16ClN5O2/c1-20-8-7-18-12(19)11(13)10(9-16-18)14-4-6-17-5-2-3-15-17/h2-3,5,9,14H,4,6-8H2,1H3. The maximum absolute atomic E-state index is 11.9. The van der Waals surface area contributed by atoms with Crippen LogP contribution in [0.3, 0.4) is 0 Å². The van der Waals surface area contributed by atoms with E-state index in [1.807, 2.05) is 12.3 Å². The van der Waals surface area contributed by atoms with Crippen LogP contribution in [0.4, 0.5) is 5.69 Å². The van der Waals surface area contributed by atoms with Crippen LogP contribution in [0.25, 0.3) is 0 Å². The Morgan fingerprint density at radius 1 is 1.40 bits per heavy atom. The highest BCUT2D eigenvalue weighted by Crippen LogP contribution is 2.14. The SMILES string of the molecule is COCCn1ncc(NCCn2cccn2)c(Cl)c1=O. The summed E-state index contributed by atoms with van der Waals surface area (Å²) in [6.45, 7) is 2.07. The number of nitrogens with one attached hydrogen (secondary N) is 1. The van der Waals surface area contributed by atoms with Gasteiger partial charge in [-0.15, -0.1) is 0 Å². The van der Waals surface area contributed by atoms with Crippen molar-refractivity contribution in [2.45, 2.75) is 13.1 Å². The van der Waals surface area contributed by atoms with Crippen molar-refractivity contribution in [3.05, 3.63) is 40.0 Å². The smallest absolute Gasteiger partial charge is 0.287 e. The van der Waals surface area contributed by atoms with Crippen LogP contribution in [0.5, 0.6) is 0 Å². The maximum Gasteiger partial charge on any atom is 0.287 e. The van der Waals surface area contributed by atoms with Gasteiger partial charge in [-0.3, -0.25) is 9.48 Å². The van der Waals surface area contributed by atoms with Crippen LogP contribution in [-0.4, -0.2) is 39.8 Å². The van der Waals surface area contributed by atoms with Gasteiger partial charge in [0.05, 0.1) is 31.6 Å². The minimum Gasteiger partial charge on any atom is -0.383 e. The molecule has 2 aromatic heterocycles. The molecule has 0 aliphatic rings. The number of nitrogens with zero attached hydrogens (tertiary/aromatic N) is 4. The zero-order valence-electron chi connectivity index (χ0n) is 11.1. The van der Waals surface area contributed by atoms with Gasteiger partial charge in [-0.1, -0.05) is 11.6 Å². The topological polar surface area (TPSA) is 74.0 Å². The Balaban J connectivity index is 1.98. The molecule has 0 radical (unpaired) electrons. The Morgan fingerprint density at radius 3 is 2.95 bits per heavy atom. The Hall–Kier alpha value is -1.86. The summed E-state index contributed by atoms with van der Waals surface area (Å²) in [4.78, 5) is 11.9. The summed E-state index contributed by atoms with van der Waals surface area (Å²) < 4.78 is 7.98. The highest BCUT2D eigenvalue weighted by molar-refractivity contribution is 6.32. The van der Waals surface area contributed by atoms with Gasteiger partial charge >= 0.3 is 0 Å². The number of hydrogen-bond donors (Lipinski definition) is 1. The van der Waals surface area contributed by atoms with E-state index in [1.165, 1.54) is 4.68 Å². The molecule has 2 rings (SSSR count). The van der Waals surface area contributed by atoms with E-state index in [0.717, 1.165) is 0 Å². The fourth-order valence-electron chi connectivity index (χ4n) is 1.66. The minimum absolute atomic E-state index is 0.136. The van der Waals surface area contributed by atoms with Crippen LogP contribution >= 0.6 is 11.6 Å². The van der Waals surface area contributed by atoms with E-state index in [-0.39, 0.29) is 10.6 Å². The summed E-state index contributed by atoms with van der Waals surface area (Å²) >= 11 is 6.04. The molecule has 0 atom stereocenters. The third-order valence-electron chi connectivity index (χ3n) is 2.71. The number of ether oxygens (including phenoxy) is 1. The van der Waals surface area contributed by atoms with Gasteiger partial charge in [0.2, 0.25) is 0 Å². The highest BCUT2D eigenvalue weighted by Gasteiger charge is 2.08. The predicted octanol–water partition coefficient (Wildman–Crippen LogP) is 0.852. The molecule has 0 amide bonds. The van der Waals surface area contributed by atoms with Gasteiger partial charge in [0, 0.05) is 26.0 Å². The highest BCUT2D eigenvalue weighted by atomic mass is 35.5. The van der Waals surface area contributed by atoms with E-state index >= 15 is 0 Å². The van der Waals surface area contributed by atoms with Crippen molar-refractivity contribution in [2.75, 3.05) is 25.6 Å². The van der Waals surface area contributed by atoms with Crippen molar-refractivity contribution >= 4 is 17.3 Å². The molecule has 2 aromatic rings. The number of anilines is 1. The average molecular weight is 298 g/mol. The summed E-state index contributed by atoms with van der Waals surface area (Å²) in [5, 5.41) is 11.3. The first kappa shape index (κ1) is 14.5. The van der Waals surface area contributed by atoms with Gasteiger partial charge < -0.3 is 10.1 Å². The van der Waals surface area contributed by atoms with Crippen LogP contribution in [0, 0.1) is 0 Å². The predicted molar refractivity (Wildman–Crippen MR) is 76.1 cm³/mol. The van der Waals surface area contributed by atoms with Crippen LogP contribution in [0.2, 0.25) is 5.02 Å². The molecule has 7 nitrogen and oxygen atoms in total. The molecule has 0 saturated heterocycles. The lowest BCUT2D eigenvalue weighted by molar-refractivity contribution is 0.182. The second kappa shape index (κ2) is 7.06. The third kappa shape index (κ3) is 3.58. The molecule has 0 aliphatic carbocycles. The number of hydrogen-bond acceptors (Lipinski definition) is 5. The van der Waals surface area contributed by atoms with Crippen LogP contribution < -0.4 is 10.9 Å². The molecule has 8 heteroatoms. The van der Waals surface area contributed by atoms with Crippen LogP contribution in [0.15, 0.2) is 29.5 Å². The molecule has 20 heavy (non-hydrogen) atoms. The van der Waals surface area contributed by atoms with Crippen LogP contribution in [-0.2, 0) is 17.8 Å². The maximum atomic E-state index is 11.9. The van der Waals surface area contributed by atoms with Gasteiger partial charge in [-0.2, -0.15) is 10.2 Å². The Bertz CT molecular complexity index is 596. The molecule has 0 aliphatic heterocycles. The zero-order chi connectivity index (χ0) is 14.4. The number of methoxy groups -OCH3 is 1. The van der Waals surface area contributed by atoms with Gasteiger partial charge in [0.15, 0.2) is 0 Å².